The van der Waals surface area contributed by atoms with E-state index in [0.717, 1.165) is 10.7 Å². The molecule has 18 heavy (non-hydrogen) atoms. The lowest BCUT2D eigenvalue weighted by Crippen LogP contribution is -2.26. The minimum absolute atomic E-state index is 0.135. The van der Waals surface area contributed by atoms with Gasteiger partial charge in [0.25, 0.3) is 5.91 Å². The van der Waals surface area contributed by atoms with Crippen LogP contribution in [0.5, 0.6) is 0 Å². The molecule has 0 aliphatic carbocycles. The summed E-state index contributed by atoms with van der Waals surface area (Å²) in [6, 6.07) is 0. The van der Waals surface area contributed by atoms with Crippen LogP contribution in [0.2, 0.25) is 0 Å². The molecule has 0 aromatic carbocycles. The molecule has 0 aliphatic rings. The van der Waals surface area contributed by atoms with Gasteiger partial charge in [-0.15, -0.1) is 11.3 Å². The molecule has 0 radical (unpaired) electrons. The molecule has 96 valence electrons. The first-order chi connectivity index (χ1) is 8.56. The van der Waals surface area contributed by atoms with Crippen LogP contribution in [0.25, 0.3) is 0 Å². The Hall–Kier alpha value is -1.47. The van der Waals surface area contributed by atoms with E-state index < -0.39 is 0 Å². The fraction of sp³-hybridized carbons (Fsp3) is 0.364. The lowest BCUT2D eigenvalue weighted by Gasteiger charge is -2.08. The smallest absolute Gasteiger partial charge is 0.263 e. The van der Waals surface area contributed by atoms with Crippen molar-refractivity contribution in [1.29, 1.82) is 0 Å². The molecule has 3 N–H and O–H groups in total. The molecule has 0 unspecified atom stereocenters. The summed E-state index contributed by atoms with van der Waals surface area (Å²) in [5.74, 6) is 0.0715. The zero-order valence-electron chi connectivity index (χ0n) is 10.1. The Morgan fingerprint density at radius 3 is 2.94 bits per heavy atom. The summed E-state index contributed by atoms with van der Waals surface area (Å²) in [5, 5.41) is 6.32. The standard InChI is InChI=1S/C11H14N4OS2/c1-6(10-15-7(2)5-17-10)3-13-9(16)8-4-14-11(12)18-8/h4-6H,3H2,1-2H3,(H2,12,14)(H,13,16)/t6-/m1/s1. The van der Waals surface area contributed by atoms with E-state index in [-0.39, 0.29) is 11.8 Å². The zero-order chi connectivity index (χ0) is 13.1. The normalized spacial score (nSPS) is 12.3. The predicted molar refractivity (Wildman–Crippen MR) is 74.1 cm³/mol. The summed E-state index contributed by atoms with van der Waals surface area (Å²) >= 11 is 2.81. The van der Waals surface area contributed by atoms with Crippen molar-refractivity contribution in [1.82, 2.24) is 15.3 Å². The van der Waals surface area contributed by atoms with Crippen molar-refractivity contribution in [2.75, 3.05) is 12.3 Å². The van der Waals surface area contributed by atoms with E-state index in [9.17, 15) is 4.79 Å². The van der Waals surface area contributed by atoms with E-state index in [4.69, 9.17) is 5.73 Å². The molecule has 0 fully saturated rings. The quantitative estimate of drug-likeness (QED) is 0.899. The maximum absolute atomic E-state index is 11.8. The van der Waals surface area contributed by atoms with Gasteiger partial charge in [0.2, 0.25) is 0 Å². The SMILES string of the molecule is Cc1csc([C@H](C)CNC(=O)c2cnc(N)s2)n1. The lowest BCUT2D eigenvalue weighted by molar-refractivity contribution is 0.0955. The van der Waals surface area contributed by atoms with E-state index in [1.165, 1.54) is 17.5 Å². The van der Waals surface area contributed by atoms with Gasteiger partial charge in [-0.2, -0.15) is 0 Å². The van der Waals surface area contributed by atoms with Gasteiger partial charge in [-0.25, -0.2) is 9.97 Å². The number of hydrogen-bond donors (Lipinski definition) is 2. The van der Waals surface area contributed by atoms with Crippen molar-refractivity contribution in [3.63, 3.8) is 0 Å². The molecular weight excluding hydrogens is 268 g/mol. The summed E-state index contributed by atoms with van der Waals surface area (Å²) < 4.78 is 0. The summed E-state index contributed by atoms with van der Waals surface area (Å²) in [4.78, 5) is 20.6. The number of carbonyl (C=O) groups excluding carboxylic acids is 1. The molecule has 0 saturated carbocycles. The molecule has 2 aromatic heterocycles. The van der Waals surface area contributed by atoms with Gasteiger partial charge in [0.1, 0.15) is 4.88 Å². The van der Waals surface area contributed by atoms with E-state index in [1.807, 2.05) is 19.2 Å². The summed E-state index contributed by atoms with van der Waals surface area (Å²) in [7, 11) is 0. The van der Waals surface area contributed by atoms with E-state index in [0.29, 0.717) is 16.6 Å². The highest BCUT2D eigenvalue weighted by molar-refractivity contribution is 7.17. The number of nitrogens with zero attached hydrogens (tertiary/aromatic N) is 2. The second-order valence-electron chi connectivity index (χ2n) is 4.00. The van der Waals surface area contributed by atoms with Crippen molar-refractivity contribution in [3.8, 4) is 0 Å². The number of nitrogens with one attached hydrogen (secondary N) is 1. The predicted octanol–water partition coefficient (Wildman–Crippen LogP) is 2.02. The average Bonchev–Trinajstić information content (AvgIpc) is 2.94. The highest BCUT2D eigenvalue weighted by Gasteiger charge is 2.13. The number of nitrogens with two attached hydrogens (primary N) is 1. The number of nitrogen functional groups attached to an aromatic ring is 1. The fourth-order valence-electron chi connectivity index (χ4n) is 1.41. The van der Waals surface area contributed by atoms with Gasteiger partial charge in [-0.05, 0) is 6.92 Å². The third-order valence-electron chi connectivity index (χ3n) is 2.37. The number of amides is 1. The Bertz CT molecular complexity index is 549. The molecule has 1 atom stereocenters. The van der Waals surface area contributed by atoms with Crippen LogP contribution in [0.1, 0.15) is 33.2 Å². The molecule has 0 saturated heterocycles. The van der Waals surface area contributed by atoms with Crippen LogP contribution in [0.4, 0.5) is 5.13 Å². The van der Waals surface area contributed by atoms with Gasteiger partial charge in [-0.1, -0.05) is 18.3 Å². The molecule has 0 bridgehead atoms. The second-order valence-corrected chi connectivity index (χ2v) is 5.95. The Balaban J connectivity index is 1.90. The number of aryl methyl sites for hydroxylation is 1. The molecule has 5 nitrogen and oxygen atoms in total. The van der Waals surface area contributed by atoms with Crippen LogP contribution in [0, 0.1) is 6.92 Å². The highest BCUT2D eigenvalue weighted by Crippen LogP contribution is 2.19. The Labute approximate surface area is 113 Å². The monoisotopic (exact) mass is 282 g/mol. The van der Waals surface area contributed by atoms with Crippen molar-refractivity contribution in [2.45, 2.75) is 19.8 Å². The molecule has 0 aliphatic heterocycles. The van der Waals surface area contributed by atoms with Crippen LogP contribution in [0.15, 0.2) is 11.6 Å². The summed E-state index contributed by atoms with van der Waals surface area (Å²) in [6.45, 7) is 4.56. The van der Waals surface area contributed by atoms with Crippen molar-refractivity contribution in [3.05, 3.63) is 27.2 Å². The van der Waals surface area contributed by atoms with Crippen LogP contribution >= 0.6 is 22.7 Å². The van der Waals surface area contributed by atoms with E-state index >= 15 is 0 Å². The Morgan fingerprint density at radius 2 is 2.39 bits per heavy atom. The first-order valence-corrected chi connectivity index (χ1v) is 7.17. The summed E-state index contributed by atoms with van der Waals surface area (Å²) in [5.41, 5.74) is 6.50. The third kappa shape index (κ3) is 3.05. The van der Waals surface area contributed by atoms with Gasteiger partial charge in [0.15, 0.2) is 5.13 Å². The molecule has 2 heterocycles. The third-order valence-corrected chi connectivity index (χ3v) is 4.39. The molecule has 7 heteroatoms. The molecule has 2 rings (SSSR count). The van der Waals surface area contributed by atoms with Gasteiger partial charge in [0.05, 0.1) is 11.2 Å². The van der Waals surface area contributed by atoms with Gasteiger partial charge in [0, 0.05) is 23.5 Å². The topological polar surface area (TPSA) is 80.9 Å². The second kappa shape index (κ2) is 5.45. The van der Waals surface area contributed by atoms with Crippen molar-refractivity contribution < 1.29 is 4.79 Å². The number of thiazole rings is 2. The average molecular weight is 282 g/mol. The minimum Gasteiger partial charge on any atom is -0.375 e. The molecule has 0 spiro atoms. The maximum atomic E-state index is 11.8. The number of hydrogen-bond acceptors (Lipinski definition) is 6. The Kier molecular flexibility index (Phi) is 3.93. The van der Waals surface area contributed by atoms with Gasteiger partial charge in [-0.3, -0.25) is 4.79 Å². The van der Waals surface area contributed by atoms with Crippen molar-refractivity contribution in [2.24, 2.45) is 0 Å². The number of carbonyl (C=O) groups is 1. The maximum Gasteiger partial charge on any atom is 0.263 e. The largest absolute Gasteiger partial charge is 0.375 e. The fourth-order valence-corrected chi connectivity index (χ4v) is 2.87. The Morgan fingerprint density at radius 1 is 1.61 bits per heavy atom. The number of aromatic nitrogens is 2. The minimum atomic E-state index is -0.135. The van der Waals surface area contributed by atoms with E-state index in [1.54, 1.807) is 11.3 Å². The molecule has 2 aromatic rings. The lowest BCUT2D eigenvalue weighted by atomic mass is 10.2. The molecular formula is C11H14N4OS2. The number of anilines is 1. The molecule has 1 amide bonds. The van der Waals surface area contributed by atoms with Crippen LogP contribution in [0.3, 0.4) is 0 Å². The highest BCUT2D eigenvalue weighted by atomic mass is 32.1. The van der Waals surface area contributed by atoms with Gasteiger partial charge >= 0.3 is 0 Å². The number of rotatable bonds is 4. The van der Waals surface area contributed by atoms with Crippen molar-refractivity contribution >= 4 is 33.7 Å². The van der Waals surface area contributed by atoms with Crippen LogP contribution < -0.4 is 11.1 Å². The summed E-state index contributed by atoms with van der Waals surface area (Å²) in [6.07, 6.45) is 1.49. The van der Waals surface area contributed by atoms with Crippen LogP contribution in [-0.4, -0.2) is 22.4 Å². The van der Waals surface area contributed by atoms with E-state index in [2.05, 4.69) is 15.3 Å². The van der Waals surface area contributed by atoms with Crippen LogP contribution in [-0.2, 0) is 0 Å². The first-order valence-electron chi connectivity index (χ1n) is 5.48. The van der Waals surface area contributed by atoms with Gasteiger partial charge < -0.3 is 11.1 Å². The zero-order valence-corrected chi connectivity index (χ0v) is 11.8. The first kappa shape index (κ1) is 13.0.